The lowest BCUT2D eigenvalue weighted by Gasteiger charge is -2.06. The Hall–Kier alpha value is -1.89. The Kier molecular flexibility index (Phi) is 10.9. The highest BCUT2D eigenvalue weighted by atomic mass is 16.5. The van der Waals surface area contributed by atoms with Crippen molar-refractivity contribution in [1.29, 1.82) is 0 Å². The second kappa shape index (κ2) is 10.6. The summed E-state index contributed by atoms with van der Waals surface area (Å²) in [5.41, 5.74) is 0. The van der Waals surface area contributed by atoms with Crippen molar-refractivity contribution < 1.29 is 34.4 Å². The number of hydrogen-bond donors (Lipinski definition) is 3. The summed E-state index contributed by atoms with van der Waals surface area (Å²) in [6.45, 7) is 4.64. The molecule has 0 saturated heterocycles. The van der Waals surface area contributed by atoms with Crippen LogP contribution in [0.5, 0.6) is 0 Å². The molecule has 98 valence electrons. The summed E-state index contributed by atoms with van der Waals surface area (Å²) < 4.78 is 4.54. The number of rotatable bonds is 6. The van der Waals surface area contributed by atoms with Gasteiger partial charge in [0.15, 0.2) is 0 Å². The van der Waals surface area contributed by atoms with E-state index in [2.05, 4.69) is 11.3 Å². The molecule has 0 aromatic rings. The zero-order chi connectivity index (χ0) is 13.8. The quantitative estimate of drug-likeness (QED) is 0.448. The molecule has 0 aliphatic heterocycles. The van der Waals surface area contributed by atoms with E-state index in [0.29, 0.717) is 0 Å². The predicted molar refractivity (Wildman–Crippen MR) is 57.3 cm³/mol. The molecule has 3 N–H and O–H groups in total. The van der Waals surface area contributed by atoms with Gasteiger partial charge in [0.05, 0.1) is 19.4 Å². The molecule has 0 spiro atoms. The maximum atomic E-state index is 10.3. The molecular formula is C10H16O7. The summed E-state index contributed by atoms with van der Waals surface area (Å²) in [4.78, 5) is 29.6. The first-order chi connectivity index (χ1) is 7.83. The van der Waals surface area contributed by atoms with Crippen LogP contribution < -0.4 is 0 Å². The van der Waals surface area contributed by atoms with E-state index < -0.39 is 24.0 Å². The molecule has 7 heteroatoms. The molecule has 1 atom stereocenters. The minimum Gasteiger partial charge on any atom is -0.481 e. The van der Waals surface area contributed by atoms with Crippen LogP contribution in [-0.2, 0) is 19.1 Å². The third-order valence-electron chi connectivity index (χ3n) is 1.29. The molecule has 0 bridgehead atoms. The Morgan fingerprint density at radius 2 is 1.65 bits per heavy atom. The monoisotopic (exact) mass is 248 g/mol. The molecule has 0 heterocycles. The number of aliphatic carboxylic acids is 2. The Morgan fingerprint density at radius 3 is 1.88 bits per heavy atom. The molecule has 0 saturated carbocycles. The lowest BCUT2D eigenvalue weighted by atomic mass is 10.3. The molecular weight excluding hydrogens is 232 g/mol. The maximum absolute atomic E-state index is 10.3. The van der Waals surface area contributed by atoms with Crippen LogP contribution in [0.15, 0.2) is 12.7 Å². The molecule has 0 fully saturated rings. The molecule has 0 radical (unpaired) electrons. The minimum atomic E-state index is -1.08. The van der Waals surface area contributed by atoms with Crippen LogP contribution in [0.1, 0.15) is 19.8 Å². The minimum absolute atomic E-state index is 0.153. The van der Waals surface area contributed by atoms with Crippen molar-refractivity contribution in [1.82, 2.24) is 0 Å². The molecule has 0 aliphatic carbocycles. The van der Waals surface area contributed by atoms with Crippen molar-refractivity contribution in [3.05, 3.63) is 12.7 Å². The van der Waals surface area contributed by atoms with Crippen LogP contribution >= 0.6 is 0 Å². The topological polar surface area (TPSA) is 121 Å². The normalized spacial score (nSPS) is 10.5. The molecule has 0 aromatic carbocycles. The Balaban J connectivity index is 0. The van der Waals surface area contributed by atoms with E-state index >= 15 is 0 Å². The van der Waals surface area contributed by atoms with Crippen LogP contribution in [-0.4, -0.2) is 45.9 Å². The van der Waals surface area contributed by atoms with Crippen LogP contribution in [0.4, 0.5) is 0 Å². The molecule has 7 nitrogen and oxygen atoms in total. The fourth-order valence-electron chi connectivity index (χ4n) is 0.498. The number of carbonyl (C=O) groups excluding carboxylic acids is 1. The highest BCUT2D eigenvalue weighted by Gasteiger charge is 2.02. The SMILES string of the molecule is C=CC(=O)OC(C)CO.O=C(O)CCC(=O)O. The van der Waals surface area contributed by atoms with E-state index in [1.165, 1.54) is 0 Å². The number of hydrogen-bond acceptors (Lipinski definition) is 5. The van der Waals surface area contributed by atoms with Crippen LogP contribution in [0, 0.1) is 0 Å². The van der Waals surface area contributed by atoms with Crippen LogP contribution in [0.25, 0.3) is 0 Å². The highest BCUT2D eigenvalue weighted by Crippen LogP contribution is 1.88. The van der Waals surface area contributed by atoms with Gasteiger partial charge in [0, 0.05) is 6.08 Å². The van der Waals surface area contributed by atoms with Gasteiger partial charge >= 0.3 is 17.9 Å². The molecule has 1 unspecified atom stereocenters. The van der Waals surface area contributed by atoms with Crippen molar-refractivity contribution in [2.24, 2.45) is 0 Å². The molecule has 0 rings (SSSR count). The Morgan fingerprint density at radius 1 is 1.24 bits per heavy atom. The number of carbonyl (C=O) groups is 3. The number of carboxylic acids is 2. The summed E-state index contributed by atoms with van der Waals surface area (Å²) in [5, 5.41) is 24.2. The predicted octanol–water partition coefficient (Wildman–Crippen LogP) is 0.0322. The average molecular weight is 248 g/mol. The van der Waals surface area contributed by atoms with E-state index in [9.17, 15) is 14.4 Å². The first kappa shape index (κ1) is 17.5. The van der Waals surface area contributed by atoms with Gasteiger partial charge < -0.3 is 20.1 Å². The average Bonchev–Trinajstić information content (AvgIpc) is 2.26. The third-order valence-corrected chi connectivity index (χ3v) is 1.29. The highest BCUT2D eigenvalue weighted by molar-refractivity contribution is 5.81. The molecule has 0 aromatic heterocycles. The summed E-state index contributed by atoms with van der Waals surface area (Å²) in [6, 6.07) is 0. The van der Waals surface area contributed by atoms with Crippen molar-refractivity contribution in [2.75, 3.05) is 6.61 Å². The largest absolute Gasteiger partial charge is 0.481 e. The van der Waals surface area contributed by atoms with Crippen LogP contribution in [0.3, 0.4) is 0 Å². The number of aliphatic hydroxyl groups excluding tert-OH is 1. The fourth-order valence-corrected chi connectivity index (χ4v) is 0.498. The Labute approximate surface area is 98.3 Å². The van der Waals surface area contributed by atoms with Crippen LogP contribution in [0.2, 0.25) is 0 Å². The third kappa shape index (κ3) is 16.8. The second-order valence-electron chi connectivity index (χ2n) is 2.92. The second-order valence-corrected chi connectivity index (χ2v) is 2.92. The van der Waals surface area contributed by atoms with Gasteiger partial charge in [-0.2, -0.15) is 0 Å². The van der Waals surface area contributed by atoms with Gasteiger partial charge in [-0.05, 0) is 6.92 Å². The number of esters is 1. The Bertz CT molecular complexity index is 258. The number of carboxylic acid groups (broad SMARTS) is 2. The van der Waals surface area contributed by atoms with E-state index in [4.69, 9.17) is 15.3 Å². The van der Waals surface area contributed by atoms with Gasteiger partial charge in [0.2, 0.25) is 0 Å². The van der Waals surface area contributed by atoms with Crippen molar-refractivity contribution in [3.8, 4) is 0 Å². The van der Waals surface area contributed by atoms with Gasteiger partial charge in [0.1, 0.15) is 6.10 Å². The zero-order valence-corrected chi connectivity index (χ0v) is 9.46. The fraction of sp³-hybridized carbons (Fsp3) is 0.500. The van der Waals surface area contributed by atoms with Gasteiger partial charge in [-0.15, -0.1) is 0 Å². The maximum Gasteiger partial charge on any atom is 0.330 e. The van der Waals surface area contributed by atoms with E-state index in [1.807, 2.05) is 0 Å². The smallest absolute Gasteiger partial charge is 0.330 e. The van der Waals surface area contributed by atoms with Gasteiger partial charge in [-0.3, -0.25) is 9.59 Å². The van der Waals surface area contributed by atoms with E-state index in [-0.39, 0.29) is 19.4 Å². The van der Waals surface area contributed by atoms with Crippen molar-refractivity contribution in [3.63, 3.8) is 0 Å². The first-order valence-electron chi connectivity index (χ1n) is 4.71. The van der Waals surface area contributed by atoms with Gasteiger partial charge in [-0.25, -0.2) is 4.79 Å². The number of ether oxygens (including phenoxy) is 1. The molecule has 0 amide bonds. The summed E-state index contributed by atoms with van der Waals surface area (Å²) in [7, 11) is 0. The summed E-state index contributed by atoms with van der Waals surface area (Å²) in [6.07, 6.45) is 0.0344. The lowest BCUT2D eigenvalue weighted by molar-refractivity contribution is -0.143. The van der Waals surface area contributed by atoms with Crippen molar-refractivity contribution in [2.45, 2.75) is 25.9 Å². The summed E-state index contributed by atoms with van der Waals surface area (Å²) in [5.74, 6) is -2.66. The standard InChI is InChI=1S/C6H10O3.C4H6O4/c1-3-6(8)9-5(2)4-7;5-3(6)1-2-4(7)8/h3,5,7H,1,4H2,2H3;1-2H2,(H,5,6)(H,7,8). The summed E-state index contributed by atoms with van der Waals surface area (Å²) >= 11 is 0. The molecule has 17 heavy (non-hydrogen) atoms. The lowest BCUT2D eigenvalue weighted by Crippen LogP contribution is -2.16. The zero-order valence-electron chi connectivity index (χ0n) is 9.46. The molecule has 0 aliphatic rings. The van der Waals surface area contributed by atoms with E-state index in [1.54, 1.807) is 6.92 Å². The van der Waals surface area contributed by atoms with Gasteiger partial charge in [-0.1, -0.05) is 6.58 Å². The van der Waals surface area contributed by atoms with Gasteiger partial charge in [0.25, 0.3) is 0 Å². The number of aliphatic hydroxyl groups is 1. The van der Waals surface area contributed by atoms with Crippen molar-refractivity contribution >= 4 is 17.9 Å². The van der Waals surface area contributed by atoms with E-state index in [0.717, 1.165) is 6.08 Å². The first-order valence-corrected chi connectivity index (χ1v) is 4.71.